The van der Waals surface area contributed by atoms with E-state index < -0.39 is 8.32 Å². The van der Waals surface area contributed by atoms with Crippen LogP contribution in [0.4, 0.5) is 0 Å². The van der Waals surface area contributed by atoms with E-state index in [4.69, 9.17) is 4.43 Å². The van der Waals surface area contributed by atoms with Crippen LogP contribution in [-0.4, -0.2) is 13.4 Å². The van der Waals surface area contributed by atoms with Gasteiger partial charge in [-0.2, -0.15) is 0 Å². The van der Waals surface area contributed by atoms with Gasteiger partial charge in [0.1, 0.15) is 11.5 Å². The Kier molecular flexibility index (Phi) is 3.94. The fourth-order valence-electron chi connectivity index (χ4n) is 1.00. The van der Waals surface area contributed by atoms with Crippen LogP contribution < -0.4 is 4.43 Å². The summed E-state index contributed by atoms with van der Waals surface area (Å²) in [5.74, 6) is 1.06. The lowest BCUT2D eigenvalue weighted by molar-refractivity contribution is 0.458. The molecule has 0 fully saturated rings. The quantitative estimate of drug-likeness (QED) is 0.634. The van der Waals surface area contributed by atoms with Crippen LogP contribution in [0, 0.1) is 3.57 Å². The first-order chi connectivity index (χ1) is 7.13. The molecule has 0 amide bonds. The van der Waals surface area contributed by atoms with Crippen molar-refractivity contribution in [3.8, 4) is 11.5 Å². The maximum atomic E-state index is 9.63. The first-order valence-corrected chi connectivity index (χ1v) is 9.30. The zero-order valence-electron chi connectivity index (χ0n) is 10.5. The van der Waals surface area contributed by atoms with Gasteiger partial charge in [-0.05, 0) is 52.9 Å². The number of benzene rings is 1. The second-order valence-electron chi connectivity index (χ2n) is 5.48. The number of phenols is 1. The fraction of sp³-hybridized carbons (Fsp3) is 0.500. The Morgan fingerprint density at radius 1 is 1.25 bits per heavy atom. The van der Waals surface area contributed by atoms with Crippen LogP contribution in [0.2, 0.25) is 18.1 Å². The molecule has 0 aliphatic rings. The molecule has 0 atom stereocenters. The molecule has 0 unspecified atom stereocenters. The van der Waals surface area contributed by atoms with E-state index >= 15 is 0 Å². The van der Waals surface area contributed by atoms with Crippen LogP contribution in [0.25, 0.3) is 0 Å². The average molecular weight is 350 g/mol. The summed E-state index contributed by atoms with van der Waals surface area (Å²) in [4.78, 5) is 0. The minimum atomic E-state index is -1.80. The Morgan fingerprint density at radius 3 is 2.25 bits per heavy atom. The van der Waals surface area contributed by atoms with Gasteiger partial charge in [0.15, 0.2) is 0 Å². The molecule has 2 nitrogen and oxygen atoms in total. The molecule has 0 saturated heterocycles. The van der Waals surface area contributed by atoms with E-state index in [-0.39, 0.29) is 10.8 Å². The standard InChI is InChI=1S/C12H19IO2Si/c1-12(2,3)16(4,5)15-9-6-7-10(13)11(14)8-9/h6-8,14H,1-5H3. The second-order valence-corrected chi connectivity index (χ2v) is 11.4. The van der Waals surface area contributed by atoms with Crippen LogP contribution in [0.5, 0.6) is 11.5 Å². The topological polar surface area (TPSA) is 29.5 Å². The van der Waals surface area contributed by atoms with E-state index in [1.807, 2.05) is 12.1 Å². The van der Waals surface area contributed by atoms with E-state index in [0.717, 1.165) is 9.32 Å². The highest BCUT2D eigenvalue weighted by molar-refractivity contribution is 14.1. The summed E-state index contributed by atoms with van der Waals surface area (Å²) in [5.41, 5.74) is 0. The molecule has 1 aromatic rings. The molecule has 1 rings (SSSR count). The van der Waals surface area contributed by atoms with Crippen molar-refractivity contribution in [2.24, 2.45) is 0 Å². The summed E-state index contributed by atoms with van der Waals surface area (Å²) >= 11 is 2.10. The lowest BCUT2D eigenvalue weighted by atomic mass is 10.2. The van der Waals surface area contributed by atoms with Crippen molar-refractivity contribution in [2.75, 3.05) is 0 Å². The largest absolute Gasteiger partial charge is 0.543 e. The van der Waals surface area contributed by atoms with Crippen molar-refractivity contribution in [2.45, 2.75) is 38.9 Å². The third-order valence-corrected chi connectivity index (χ3v) is 8.37. The highest BCUT2D eigenvalue weighted by Crippen LogP contribution is 2.38. The number of phenolic OH excluding ortho intramolecular Hbond substituents is 1. The van der Waals surface area contributed by atoms with Gasteiger partial charge in [0.2, 0.25) is 8.32 Å². The van der Waals surface area contributed by atoms with Gasteiger partial charge >= 0.3 is 0 Å². The Balaban J connectivity index is 2.93. The normalized spacial score (nSPS) is 12.6. The molecule has 0 aliphatic carbocycles. The van der Waals surface area contributed by atoms with Crippen LogP contribution >= 0.6 is 22.6 Å². The van der Waals surface area contributed by atoms with E-state index in [0.29, 0.717) is 0 Å². The molecule has 4 heteroatoms. The summed E-state index contributed by atoms with van der Waals surface area (Å²) < 4.78 is 6.93. The van der Waals surface area contributed by atoms with Gasteiger partial charge < -0.3 is 9.53 Å². The minimum absolute atomic E-state index is 0.172. The fourth-order valence-corrected chi connectivity index (χ4v) is 2.36. The average Bonchev–Trinajstić information content (AvgIpc) is 2.09. The summed E-state index contributed by atoms with van der Waals surface area (Å²) in [7, 11) is -1.80. The molecule has 0 spiro atoms. The van der Waals surface area contributed by atoms with Gasteiger partial charge in [-0.1, -0.05) is 20.8 Å². The van der Waals surface area contributed by atoms with Crippen LogP contribution in [0.1, 0.15) is 20.8 Å². The van der Waals surface area contributed by atoms with Gasteiger partial charge in [0, 0.05) is 6.07 Å². The minimum Gasteiger partial charge on any atom is -0.543 e. The van der Waals surface area contributed by atoms with Gasteiger partial charge in [-0.15, -0.1) is 0 Å². The first-order valence-electron chi connectivity index (χ1n) is 5.31. The molecular weight excluding hydrogens is 331 g/mol. The van der Waals surface area contributed by atoms with E-state index in [2.05, 4.69) is 56.5 Å². The molecule has 0 saturated carbocycles. The van der Waals surface area contributed by atoms with Crippen LogP contribution in [0.3, 0.4) is 0 Å². The molecule has 0 aliphatic heterocycles. The number of halogens is 1. The van der Waals surface area contributed by atoms with Crippen molar-refractivity contribution in [1.29, 1.82) is 0 Å². The van der Waals surface area contributed by atoms with Gasteiger partial charge in [0.25, 0.3) is 0 Å². The molecule has 0 heterocycles. The smallest absolute Gasteiger partial charge is 0.250 e. The van der Waals surface area contributed by atoms with E-state index in [1.54, 1.807) is 6.07 Å². The Bertz CT molecular complexity index is 383. The van der Waals surface area contributed by atoms with Crippen molar-refractivity contribution < 1.29 is 9.53 Å². The maximum absolute atomic E-state index is 9.63. The highest BCUT2D eigenvalue weighted by atomic mass is 127. The third-order valence-electron chi connectivity index (χ3n) is 3.10. The molecule has 16 heavy (non-hydrogen) atoms. The van der Waals surface area contributed by atoms with Crippen molar-refractivity contribution in [1.82, 2.24) is 0 Å². The molecule has 90 valence electrons. The highest BCUT2D eigenvalue weighted by Gasteiger charge is 2.38. The van der Waals surface area contributed by atoms with Gasteiger partial charge in [0.05, 0.1) is 3.57 Å². The van der Waals surface area contributed by atoms with Crippen LogP contribution in [-0.2, 0) is 0 Å². The lowest BCUT2D eigenvalue weighted by Gasteiger charge is -2.36. The molecule has 1 N–H and O–H groups in total. The van der Waals surface area contributed by atoms with Crippen LogP contribution in [0.15, 0.2) is 18.2 Å². The molecule has 0 aromatic heterocycles. The number of hydrogen-bond acceptors (Lipinski definition) is 2. The second kappa shape index (κ2) is 4.56. The Morgan fingerprint density at radius 2 is 1.81 bits per heavy atom. The predicted molar refractivity (Wildman–Crippen MR) is 78.6 cm³/mol. The summed E-state index contributed by atoms with van der Waals surface area (Å²) in [6.07, 6.45) is 0. The maximum Gasteiger partial charge on any atom is 0.250 e. The molecule has 1 aromatic carbocycles. The number of rotatable bonds is 2. The first kappa shape index (κ1) is 13.8. The summed E-state index contributed by atoms with van der Waals surface area (Å²) in [5, 5.41) is 9.80. The lowest BCUT2D eigenvalue weighted by Crippen LogP contribution is -2.43. The van der Waals surface area contributed by atoms with E-state index in [9.17, 15) is 5.11 Å². The van der Waals surface area contributed by atoms with E-state index in [1.165, 1.54) is 0 Å². The zero-order chi connectivity index (χ0) is 12.6. The molecule has 0 bridgehead atoms. The number of hydrogen-bond donors (Lipinski definition) is 1. The Labute approximate surface area is 112 Å². The van der Waals surface area contributed by atoms with Gasteiger partial charge in [-0.3, -0.25) is 0 Å². The van der Waals surface area contributed by atoms with Crippen molar-refractivity contribution in [3.63, 3.8) is 0 Å². The van der Waals surface area contributed by atoms with Gasteiger partial charge in [-0.25, -0.2) is 0 Å². The summed E-state index contributed by atoms with van der Waals surface area (Å²) in [6.45, 7) is 11.0. The third kappa shape index (κ3) is 3.13. The van der Waals surface area contributed by atoms with Crippen molar-refractivity contribution >= 4 is 30.9 Å². The molecular formula is C12H19IO2Si. The molecule has 0 radical (unpaired) electrons. The zero-order valence-corrected chi connectivity index (χ0v) is 13.6. The van der Waals surface area contributed by atoms with Crippen molar-refractivity contribution in [3.05, 3.63) is 21.8 Å². The number of aromatic hydroxyl groups is 1. The summed E-state index contributed by atoms with van der Waals surface area (Å²) in [6, 6.07) is 5.49. The Hall–Kier alpha value is -0.233. The monoisotopic (exact) mass is 350 g/mol. The predicted octanol–water partition coefficient (Wildman–Crippen LogP) is 4.38. The SMILES string of the molecule is CC(C)(C)[Si](C)(C)Oc1ccc(I)c(O)c1.